The lowest BCUT2D eigenvalue weighted by molar-refractivity contribution is -0.159. The number of hydrazone groups is 1. The van der Waals surface area contributed by atoms with Crippen LogP contribution in [0.15, 0.2) is 9.62 Å². The number of aromatic nitrogens is 2. The summed E-state index contributed by atoms with van der Waals surface area (Å²) in [6.45, 7) is 0.537. The van der Waals surface area contributed by atoms with Crippen LogP contribution in [-0.2, 0) is 15.8 Å². The van der Waals surface area contributed by atoms with Gasteiger partial charge in [-0.15, -0.1) is 0 Å². The molecule has 2 aliphatic rings. The van der Waals surface area contributed by atoms with Crippen LogP contribution in [-0.4, -0.2) is 45.7 Å². The summed E-state index contributed by atoms with van der Waals surface area (Å²) in [7, 11) is 0. The predicted octanol–water partition coefficient (Wildman–Crippen LogP) is 0.670. The Bertz CT molecular complexity index is 669. The number of rotatable bonds is 2. The molecule has 0 unspecified atom stereocenters. The van der Waals surface area contributed by atoms with Crippen molar-refractivity contribution in [3.05, 3.63) is 11.7 Å². The molecule has 1 N–H and O–H groups in total. The van der Waals surface area contributed by atoms with Crippen molar-refractivity contribution in [3.63, 3.8) is 0 Å². The van der Waals surface area contributed by atoms with Gasteiger partial charge in [0.1, 0.15) is 5.71 Å². The fraction of sp³-hybridized carbons (Fsp3) is 0.583. The number of hydrogen-bond donors (Lipinski definition) is 1. The van der Waals surface area contributed by atoms with Crippen LogP contribution in [0.3, 0.4) is 0 Å². The summed E-state index contributed by atoms with van der Waals surface area (Å²) in [5, 5.41) is 7.07. The average molecular weight is 331 g/mol. The van der Waals surface area contributed by atoms with Crippen molar-refractivity contribution in [1.82, 2.24) is 20.5 Å². The second-order valence-electron chi connectivity index (χ2n) is 5.29. The predicted molar refractivity (Wildman–Crippen MR) is 68.0 cm³/mol. The monoisotopic (exact) mass is 331 g/mol. The zero-order valence-corrected chi connectivity index (χ0v) is 11.8. The molecule has 0 bridgehead atoms. The third-order valence-corrected chi connectivity index (χ3v) is 3.68. The van der Waals surface area contributed by atoms with Gasteiger partial charge in [-0.3, -0.25) is 9.59 Å². The molecule has 3 rings (SSSR count). The third-order valence-electron chi connectivity index (χ3n) is 3.68. The van der Waals surface area contributed by atoms with E-state index in [1.54, 1.807) is 0 Å². The third kappa shape index (κ3) is 3.17. The summed E-state index contributed by atoms with van der Waals surface area (Å²) in [4.78, 5) is 28.1. The minimum atomic E-state index is -4.69. The largest absolute Gasteiger partial charge is 0.471 e. The molecule has 1 aromatic rings. The molecule has 0 radical (unpaired) electrons. The van der Waals surface area contributed by atoms with Crippen LogP contribution in [0.5, 0.6) is 0 Å². The molecule has 124 valence electrons. The van der Waals surface area contributed by atoms with Gasteiger partial charge in [-0.2, -0.15) is 23.3 Å². The van der Waals surface area contributed by atoms with Crippen LogP contribution >= 0.6 is 0 Å². The Labute approximate surface area is 127 Å². The number of alkyl halides is 3. The minimum absolute atomic E-state index is 0.0634. The van der Waals surface area contributed by atoms with E-state index in [4.69, 9.17) is 0 Å². The Balaban J connectivity index is 1.65. The summed E-state index contributed by atoms with van der Waals surface area (Å²) in [5.41, 5.74) is 2.47. The van der Waals surface area contributed by atoms with Crippen LogP contribution in [0.4, 0.5) is 13.2 Å². The van der Waals surface area contributed by atoms with E-state index in [0.717, 1.165) is 0 Å². The zero-order chi connectivity index (χ0) is 16.6. The molecule has 1 saturated heterocycles. The Kier molecular flexibility index (Phi) is 3.78. The zero-order valence-electron chi connectivity index (χ0n) is 11.8. The minimum Gasteiger partial charge on any atom is -0.337 e. The molecule has 3 heterocycles. The first kappa shape index (κ1) is 15.4. The Morgan fingerprint density at radius 1 is 1.35 bits per heavy atom. The molecular formula is C12H12F3N5O3. The molecule has 23 heavy (non-hydrogen) atoms. The summed E-state index contributed by atoms with van der Waals surface area (Å²) in [5.74, 6) is -2.47. The van der Waals surface area contributed by atoms with E-state index < -0.39 is 18.0 Å². The number of halogens is 3. The fourth-order valence-corrected chi connectivity index (χ4v) is 2.48. The molecule has 0 spiro atoms. The van der Waals surface area contributed by atoms with Crippen molar-refractivity contribution in [2.45, 2.75) is 31.4 Å². The van der Waals surface area contributed by atoms with Crippen LogP contribution in [0.25, 0.3) is 0 Å². The van der Waals surface area contributed by atoms with Crippen molar-refractivity contribution < 1.29 is 27.3 Å². The van der Waals surface area contributed by atoms with E-state index in [-0.39, 0.29) is 42.7 Å². The number of carbonyl (C=O) groups is 2. The summed E-state index contributed by atoms with van der Waals surface area (Å²) < 4.78 is 41.6. The molecule has 0 aromatic carbocycles. The average Bonchev–Trinajstić information content (AvgIpc) is 3.16. The molecule has 1 aromatic heterocycles. The normalized spacial score (nSPS) is 22.0. The van der Waals surface area contributed by atoms with Crippen LogP contribution in [0, 0.1) is 0 Å². The van der Waals surface area contributed by atoms with Gasteiger partial charge in [-0.1, -0.05) is 5.16 Å². The first-order valence-electron chi connectivity index (χ1n) is 6.90. The van der Waals surface area contributed by atoms with Gasteiger partial charge >= 0.3 is 12.1 Å². The lowest BCUT2D eigenvalue weighted by atomic mass is 10.1. The molecule has 8 nitrogen and oxygen atoms in total. The van der Waals surface area contributed by atoms with Crippen molar-refractivity contribution in [2.24, 2.45) is 5.10 Å². The Morgan fingerprint density at radius 3 is 2.74 bits per heavy atom. The van der Waals surface area contributed by atoms with E-state index >= 15 is 0 Å². The van der Waals surface area contributed by atoms with Crippen molar-refractivity contribution in [2.75, 3.05) is 13.1 Å². The molecule has 1 atom stereocenters. The topological polar surface area (TPSA) is 101 Å². The van der Waals surface area contributed by atoms with E-state index in [0.29, 0.717) is 13.0 Å². The van der Waals surface area contributed by atoms with Crippen molar-refractivity contribution in [1.29, 1.82) is 0 Å². The van der Waals surface area contributed by atoms with E-state index in [1.807, 2.05) is 0 Å². The molecule has 1 fully saturated rings. The van der Waals surface area contributed by atoms with Gasteiger partial charge in [0.2, 0.25) is 5.91 Å². The number of amides is 2. The molecule has 2 aliphatic heterocycles. The molecule has 2 amide bonds. The summed E-state index contributed by atoms with van der Waals surface area (Å²) in [6.07, 6.45) is -3.83. The lowest BCUT2D eigenvalue weighted by Crippen LogP contribution is -2.39. The summed E-state index contributed by atoms with van der Waals surface area (Å²) >= 11 is 0. The van der Waals surface area contributed by atoms with Crippen LogP contribution in [0.1, 0.15) is 36.9 Å². The SMILES string of the molecule is O=C1CCC(C(=O)N2CC[C@H](c3noc(C(F)(F)F)n3)C2)=NN1. The fourth-order valence-electron chi connectivity index (χ4n) is 2.48. The second-order valence-corrected chi connectivity index (χ2v) is 5.29. The van der Waals surface area contributed by atoms with Gasteiger partial charge < -0.3 is 9.42 Å². The molecule has 0 saturated carbocycles. The molecule has 11 heteroatoms. The first-order chi connectivity index (χ1) is 10.8. The highest BCUT2D eigenvalue weighted by molar-refractivity contribution is 6.39. The van der Waals surface area contributed by atoms with Crippen LogP contribution < -0.4 is 5.43 Å². The number of nitrogens with one attached hydrogen (secondary N) is 1. The number of carbonyl (C=O) groups excluding carboxylic acids is 2. The van der Waals surface area contributed by atoms with E-state index in [9.17, 15) is 22.8 Å². The van der Waals surface area contributed by atoms with Crippen LogP contribution in [0.2, 0.25) is 0 Å². The standard InChI is InChI=1S/C12H12F3N5O3/c13-12(14,15)11-16-9(19-23-11)6-3-4-20(5-6)10(22)7-1-2-8(21)18-17-7/h6H,1-5H2,(H,18,21)/t6-/m0/s1. The lowest BCUT2D eigenvalue weighted by Gasteiger charge is -2.18. The molecule has 0 aliphatic carbocycles. The Morgan fingerprint density at radius 2 is 2.13 bits per heavy atom. The summed E-state index contributed by atoms with van der Waals surface area (Å²) in [6, 6.07) is 0. The van der Waals surface area contributed by atoms with Gasteiger partial charge in [0.05, 0.1) is 0 Å². The maximum absolute atomic E-state index is 12.5. The van der Waals surface area contributed by atoms with Gasteiger partial charge in [-0.25, -0.2) is 5.43 Å². The quantitative estimate of drug-likeness (QED) is 0.858. The van der Waals surface area contributed by atoms with Gasteiger partial charge in [0, 0.05) is 31.8 Å². The Hall–Kier alpha value is -2.46. The number of nitrogens with zero attached hydrogens (tertiary/aromatic N) is 4. The molecular weight excluding hydrogens is 319 g/mol. The van der Waals surface area contributed by atoms with E-state index in [1.165, 1.54) is 4.90 Å². The van der Waals surface area contributed by atoms with Crippen molar-refractivity contribution >= 4 is 17.5 Å². The second kappa shape index (κ2) is 5.63. The van der Waals surface area contributed by atoms with Gasteiger partial charge in [0.15, 0.2) is 5.82 Å². The van der Waals surface area contributed by atoms with Gasteiger partial charge in [-0.05, 0) is 6.42 Å². The van der Waals surface area contributed by atoms with Crippen molar-refractivity contribution in [3.8, 4) is 0 Å². The highest BCUT2D eigenvalue weighted by atomic mass is 19.4. The van der Waals surface area contributed by atoms with Gasteiger partial charge in [0.25, 0.3) is 5.91 Å². The maximum atomic E-state index is 12.5. The first-order valence-corrected chi connectivity index (χ1v) is 6.90. The number of hydrogen-bond acceptors (Lipinski definition) is 6. The van der Waals surface area contributed by atoms with E-state index in [2.05, 4.69) is 25.2 Å². The highest BCUT2D eigenvalue weighted by Crippen LogP contribution is 2.31. The smallest absolute Gasteiger partial charge is 0.337 e. The number of likely N-dealkylation sites (tertiary alicyclic amines) is 1. The maximum Gasteiger partial charge on any atom is 0.471 e. The highest BCUT2D eigenvalue weighted by Gasteiger charge is 2.40.